The van der Waals surface area contributed by atoms with Gasteiger partial charge >= 0.3 is 12.7 Å². The first-order valence-corrected chi connectivity index (χ1v) is 13.0. The summed E-state index contributed by atoms with van der Waals surface area (Å²) in [4.78, 5) is 32.6. The summed E-state index contributed by atoms with van der Waals surface area (Å²) >= 11 is 0. The standard InChI is InChI=1S/C23H26F3N5O5S/c1-22(2)19(30-21(33)34)31-23(3,17-8-9-28-37(17,22)35)14-10-12(4-6-15(14)24)29-18(32)16-7-5-13(11-27-16)36-20(25)26/h4-7,10-11,17,20,37H,8-9H2,1-3H3,(H,28,35)(H,29,32)(H,30,31)(H,33,34)/t17-,23+/m0/s1. The number of nitrogens with zero attached hydrogens (tertiary/aromatic N) is 2. The van der Waals surface area contributed by atoms with Gasteiger partial charge in [0.2, 0.25) is 0 Å². The molecule has 200 valence electrons. The quantitative estimate of drug-likeness (QED) is 0.369. The van der Waals surface area contributed by atoms with Gasteiger partial charge in [-0.25, -0.2) is 14.2 Å². The van der Waals surface area contributed by atoms with Gasteiger partial charge in [-0.15, -0.1) is 0 Å². The van der Waals surface area contributed by atoms with E-state index in [1.165, 1.54) is 18.2 Å². The van der Waals surface area contributed by atoms with Crippen molar-refractivity contribution in [3.63, 3.8) is 0 Å². The molecule has 2 aromatic rings. The molecule has 1 fully saturated rings. The largest absolute Gasteiger partial charge is 0.465 e. The van der Waals surface area contributed by atoms with E-state index in [2.05, 4.69) is 30.1 Å². The average Bonchev–Trinajstić information content (AvgIpc) is 3.23. The molecule has 3 heterocycles. The van der Waals surface area contributed by atoms with Gasteiger partial charge in [-0.05, 0) is 67.6 Å². The Morgan fingerprint density at radius 1 is 1.22 bits per heavy atom. The zero-order chi connectivity index (χ0) is 27.2. The summed E-state index contributed by atoms with van der Waals surface area (Å²) in [5.41, 5.74) is -1.34. The Morgan fingerprint density at radius 2 is 1.95 bits per heavy atom. The molecule has 14 heteroatoms. The number of carboxylic acid groups (broad SMARTS) is 1. The summed E-state index contributed by atoms with van der Waals surface area (Å²) in [7, 11) is -3.34. The predicted octanol–water partition coefficient (Wildman–Crippen LogP) is 3.04. The van der Waals surface area contributed by atoms with Crippen LogP contribution in [0.15, 0.2) is 41.5 Å². The Morgan fingerprint density at radius 3 is 2.57 bits per heavy atom. The third-order valence-corrected chi connectivity index (χ3v) is 11.0. The number of alkyl halides is 2. The summed E-state index contributed by atoms with van der Waals surface area (Å²) in [6.07, 6.45) is -0.0100. The highest BCUT2D eigenvalue weighted by molar-refractivity contribution is 8.04. The van der Waals surface area contributed by atoms with Gasteiger partial charge in [0.1, 0.15) is 28.6 Å². The van der Waals surface area contributed by atoms with Crippen molar-refractivity contribution < 1.29 is 36.8 Å². The van der Waals surface area contributed by atoms with E-state index in [0.717, 1.165) is 18.3 Å². The first-order valence-electron chi connectivity index (χ1n) is 11.3. The first kappa shape index (κ1) is 26.5. The Kier molecular flexibility index (Phi) is 6.75. The van der Waals surface area contributed by atoms with E-state index in [0.29, 0.717) is 13.0 Å². The van der Waals surface area contributed by atoms with Crippen LogP contribution in [0.3, 0.4) is 0 Å². The lowest BCUT2D eigenvalue weighted by Crippen LogP contribution is -2.65. The number of hydrogen-bond acceptors (Lipinski definition) is 6. The smallest absolute Gasteiger partial charge is 0.410 e. The van der Waals surface area contributed by atoms with Crippen LogP contribution in [0.4, 0.5) is 23.7 Å². The van der Waals surface area contributed by atoms with Gasteiger partial charge in [0.25, 0.3) is 5.91 Å². The van der Waals surface area contributed by atoms with Crippen LogP contribution >= 0.6 is 0 Å². The zero-order valence-electron chi connectivity index (χ0n) is 20.1. The van der Waals surface area contributed by atoms with Crippen LogP contribution in [-0.2, 0) is 15.7 Å². The summed E-state index contributed by atoms with van der Waals surface area (Å²) in [5.74, 6) is -1.65. The third kappa shape index (κ3) is 4.66. The van der Waals surface area contributed by atoms with E-state index >= 15 is 4.39 Å². The maximum absolute atomic E-state index is 15.3. The second-order valence-electron chi connectivity index (χ2n) is 9.37. The van der Waals surface area contributed by atoms with Crippen molar-refractivity contribution in [2.45, 2.75) is 49.3 Å². The SMILES string of the molecule is CC1(C)C(NC(=O)O)=N[C@](C)(c2cc(NC(=O)c3ccc(OC(F)F)cn3)ccc2F)[C@@H]2CCN[SH]21=O. The number of aliphatic imine (C=N–C) groups is 1. The molecule has 2 aliphatic rings. The van der Waals surface area contributed by atoms with Gasteiger partial charge in [0.05, 0.1) is 16.2 Å². The molecule has 0 spiro atoms. The lowest BCUT2D eigenvalue weighted by molar-refractivity contribution is -0.0500. The number of pyridine rings is 1. The Hall–Kier alpha value is -3.52. The average molecular weight is 542 g/mol. The summed E-state index contributed by atoms with van der Waals surface area (Å²) in [6.45, 7) is 2.19. The maximum Gasteiger partial charge on any atom is 0.410 e. The normalized spacial score (nSPS) is 24.5. The number of carbonyl (C=O) groups excluding carboxylic acids is 1. The van der Waals surface area contributed by atoms with Crippen LogP contribution in [0, 0.1) is 5.82 Å². The number of amidine groups is 1. The first-order chi connectivity index (χ1) is 17.3. The second kappa shape index (κ2) is 9.41. The van der Waals surface area contributed by atoms with Crippen LogP contribution in [0.5, 0.6) is 5.75 Å². The summed E-state index contributed by atoms with van der Waals surface area (Å²) < 4.78 is 60.2. The highest BCUT2D eigenvalue weighted by atomic mass is 32.3. The molecule has 1 aromatic carbocycles. The van der Waals surface area contributed by atoms with Crippen LogP contribution < -0.4 is 20.1 Å². The second-order valence-corrected chi connectivity index (χ2v) is 12.7. The fourth-order valence-corrected chi connectivity index (χ4v) is 8.55. The molecule has 2 amide bonds. The van der Waals surface area contributed by atoms with E-state index < -0.39 is 50.1 Å². The highest BCUT2D eigenvalue weighted by Gasteiger charge is 2.59. The number of carbonyl (C=O) groups is 2. The number of fused-ring (bicyclic) bond motifs is 1. The number of nitrogens with one attached hydrogen (secondary N) is 3. The highest BCUT2D eigenvalue weighted by Crippen LogP contribution is 2.49. The minimum atomic E-state index is -3.34. The Labute approximate surface area is 211 Å². The van der Waals surface area contributed by atoms with E-state index in [1.54, 1.807) is 20.8 Å². The van der Waals surface area contributed by atoms with Gasteiger partial charge in [0.15, 0.2) is 0 Å². The van der Waals surface area contributed by atoms with Gasteiger partial charge < -0.3 is 15.2 Å². The molecule has 0 unspecified atom stereocenters. The lowest BCUT2D eigenvalue weighted by Gasteiger charge is -2.51. The molecule has 4 N–H and O–H groups in total. The third-order valence-electron chi connectivity index (χ3n) is 6.80. The van der Waals surface area contributed by atoms with Crippen LogP contribution in [-0.4, -0.2) is 55.3 Å². The molecule has 0 radical (unpaired) electrons. The minimum Gasteiger partial charge on any atom is -0.465 e. The molecule has 37 heavy (non-hydrogen) atoms. The van der Waals surface area contributed by atoms with Crippen LogP contribution in [0.25, 0.3) is 0 Å². The number of halogens is 3. The van der Waals surface area contributed by atoms with Crippen LogP contribution in [0.1, 0.15) is 43.2 Å². The zero-order valence-corrected chi connectivity index (χ0v) is 21.0. The number of aromatic nitrogens is 1. The molecule has 0 aliphatic carbocycles. The number of hydrogen-bond donors (Lipinski definition) is 5. The molecular formula is C23H26F3N5O5S. The number of thiol groups is 1. The number of ether oxygens (including phenoxy) is 1. The lowest BCUT2D eigenvalue weighted by atomic mass is 9.85. The van der Waals surface area contributed by atoms with E-state index in [9.17, 15) is 27.7 Å². The topological polar surface area (TPSA) is 142 Å². The van der Waals surface area contributed by atoms with Crippen LogP contribution in [0.2, 0.25) is 0 Å². The molecule has 10 nitrogen and oxygen atoms in total. The fourth-order valence-electron chi connectivity index (χ4n) is 4.88. The van der Waals surface area contributed by atoms with Gasteiger partial charge in [-0.1, -0.05) is 0 Å². The molecule has 4 rings (SSSR count). The van der Waals surface area contributed by atoms with E-state index in [4.69, 9.17) is 0 Å². The van der Waals surface area contributed by atoms with Crippen molar-refractivity contribution in [3.8, 4) is 5.75 Å². The molecule has 1 aromatic heterocycles. The Balaban J connectivity index is 1.70. The molecule has 2 aliphatic heterocycles. The summed E-state index contributed by atoms with van der Waals surface area (Å²) in [6, 6.07) is 6.14. The van der Waals surface area contributed by atoms with E-state index in [-0.39, 0.29) is 28.5 Å². The summed E-state index contributed by atoms with van der Waals surface area (Å²) in [5, 5.41) is 13.5. The number of benzene rings is 1. The van der Waals surface area contributed by atoms with Crippen molar-refractivity contribution >= 4 is 33.6 Å². The number of rotatable bonds is 5. The van der Waals surface area contributed by atoms with Gasteiger partial charge in [0, 0.05) is 17.8 Å². The molecule has 2 atom stereocenters. The minimum absolute atomic E-state index is 0.0213. The molecular weight excluding hydrogens is 515 g/mol. The maximum atomic E-state index is 15.3. The number of anilines is 1. The van der Waals surface area contributed by atoms with Crippen molar-refractivity contribution in [2.75, 3.05) is 11.9 Å². The number of amides is 2. The van der Waals surface area contributed by atoms with Crippen molar-refractivity contribution in [3.05, 3.63) is 53.6 Å². The van der Waals surface area contributed by atoms with Crippen molar-refractivity contribution in [1.82, 2.24) is 15.0 Å². The van der Waals surface area contributed by atoms with E-state index in [1.807, 2.05) is 0 Å². The van der Waals surface area contributed by atoms with Crippen molar-refractivity contribution in [2.24, 2.45) is 4.99 Å². The van der Waals surface area contributed by atoms with Gasteiger partial charge in [-0.2, -0.15) is 8.78 Å². The van der Waals surface area contributed by atoms with Crippen molar-refractivity contribution in [1.29, 1.82) is 0 Å². The molecule has 1 saturated heterocycles. The fraction of sp³-hybridized carbons (Fsp3) is 0.391. The predicted molar refractivity (Wildman–Crippen MR) is 131 cm³/mol. The molecule has 0 saturated carbocycles. The molecule has 0 bridgehead atoms. The Bertz CT molecular complexity index is 1320. The van der Waals surface area contributed by atoms with Gasteiger partial charge in [-0.3, -0.25) is 24.0 Å². The monoisotopic (exact) mass is 541 g/mol.